The summed E-state index contributed by atoms with van der Waals surface area (Å²) in [5.41, 5.74) is 3.68. The SMILES string of the molecule is CCc1nc2cc(OC)c(OC)cc2cc1C1CCCCC1. The van der Waals surface area contributed by atoms with E-state index < -0.39 is 0 Å². The van der Waals surface area contributed by atoms with Gasteiger partial charge in [-0.3, -0.25) is 4.98 Å². The predicted molar refractivity (Wildman–Crippen MR) is 90.1 cm³/mol. The van der Waals surface area contributed by atoms with E-state index in [0.717, 1.165) is 28.8 Å². The Morgan fingerprint density at radius 1 is 1.00 bits per heavy atom. The first-order valence-electron chi connectivity index (χ1n) is 8.32. The number of hydrogen-bond acceptors (Lipinski definition) is 3. The van der Waals surface area contributed by atoms with Gasteiger partial charge < -0.3 is 9.47 Å². The molecule has 3 nitrogen and oxygen atoms in total. The Bertz CT molecular complexity index is 660. The van der Waals surface area contributed by atoms with E-state index in [-0.39, 0.29) is 0 Å². The van der Waals surface area contributed by atoms with Gasteiger partial charge in [-0.05, 0) is 42.9 Å². The second-order valence-electron chi connectivity index (χ2n) is 6.11. The van der Waals surface area contributed by atoms with Crippen molar-refractivity contribution in [2.45, 2.75) is 51.4 Å². The molecule has 1 aromatic carbocycles. The molecule has 1 heterocycles. The maximum Gasteiger partial charge on any atom is 0.162 e. The van der Waals surface area contributed by atoms with Crippen molar-refractivity contribution in [3.05, 3.63) is 29.5 Å². The highest BCUT2D eigenvalue weighted by atomic mass is 16.5. The summed E-state index contributed by atoms with van der Waals surface area (Å²) in [4.78, 5) is 4.92. The van der Waals surface area contributed by atoms with Crippen molar-refractivity contribution < 1.29 is 9.47 Å². The normalized spacial score (nSPS) is 16.0. The molecule has 0 bridgehead atoms. The summed E-state index contributed by atoms with van der Waals surface area (Å²) in [5.74, 6) is 2.19. The molecule has 22 heavy (non-hydrogen) atoms. The summed E-state index contributed by atoms with van der Waals surface area (Å²) in [6.07, 6.45) is 7.65. The first-order valence-corrected chi connectivity index (χ1v) is 8.32. The van der Waals surface area contributed by atoms with Gasteiger partial charge >= 0.3 is 0 Å². The van der Waals surface area contributed by atoms with Crippen LogP contribution < -0.4 is 9.47 Å². The fourth-order valence-corrected chi connectivity index (χ4v) is 3.61. The molecule has 0 amide bonds. The highest BCUT2D eigenvalue weighted by molar-refractivity contribution is 5.83. The predicted octanol–water partition coefficient (Wildman–Crippen LogP) is 4.86. The van der Waals surface area contributed by atoms with Gasteiger partial charge in [-0.25, -0.2) is 0 Å². The molecule has 3 heteroatoms. The number of benzene rings is 1. The lowest BCUT2D eigenvalue weighted by Gasteiger charge is -2.24. The Morgan fingerprint density at radius 2 is 1.68 bits per heavy atom. The number of fused-ring (bicyclic) bond motifs is 1. The first kappa shape index (κ1) is 15.1. The van der Waals surface area contributed by atoms with E-state index in [2.05, 4.69) is 13.0 Å². The Morgan fingerprint density at radius 3 is 2.32 bits per heavy atom. The van der Waals surface area contributed by atoms with E-state index in [4.69, 9.17) is 14.5 Å². The number of aryl methyl sites for hydroxylation is 1. The monoisotopic (exact) mass is 299 g/mol. The maximum absolute atomic E-state index is 5.43. The van der Waals surface area contributed by atoms with Crippen LogP contribution in [0.5, 0.6) is 11.5 Å². The fraction of sp³-hybridized carbons (Fsp3) is 0.526. The molecule has 2 aromatic rings. The maximum atomic E-state index is 5.43. The van der Waals surface area contributed by atoms with E-state index in [9.17, 15) is 0 Å². The van der Waals surface area contributed by atoms with Gasteiger partial charge in [0, 0.05) is 17.1 Å². The van der Waals surface area contributed by atoms with Gasteiger partial charge in [0.05, 0.1) is 19.7 Å². The fourth-order valence-electron chi connectivity index (χ4n) is 3.61. The summed E-state index contributed by atoms with van der Waals surface area (Å²) in [6.45, 7) is 2.20. The summed E-state index contributed by atoms with van der Waals surface area (Å²) in [6, 6.07) is 6.37. The van der Waals surface area contributed by atoms with E-state index in [1.165, 1.54) is 43.4 Å². The van der Waals surface area contributed by atoms with Crippen LogP contribution in [0.2, 0.25) is 0 Å². The second-order valence-corrected chi connectivity index (χ2v) is 6.11. The largest absolute Gasteiger partial charge is 0.493 e. The number of rotatable bonds is 4. The third-order valence-electron chi connectivity index (χ3n) is 4.81. The van der Waals surface area contributed by atoms with Crippen LogP contribution in [-0.4, -0.2) is 19.2 Å². The van der Waals surface area contributed by atoms with Crippen LogP contribution in [0, 0.1) is 0 Å². The summed E-state index contributed by atoms with van der Waals surface area (Å²) < 4.78 is 10.8. The molecule has 0 atom stereocenters. The Labute approximate surface area is 132 Å². The molecule has 0 aliphatic heterocycles. The van der Waals surface area contributed by atoms with Crippen LogP contribution in [0.25, 0.3) is 10.9 Å². The van der Waals surface area contributed by atoms with Crippen LogP contribution in [0.1, 0.15) is 56.2 Å². The second kappa shape index (κ2) is 6.55. The minimum atomic E-state index is 0.675. The van der Waals surface area contributed by atoms with Crippen LogP contribution in [-0.2, 0) is 6.42 Å². The summed E-state index contributed by atoms with van der Waals surface area (Å²) in [7, 11) is 3.35. The van der Waals surface area contributed by atoms with Crippen molar-refractivity contribution in [2.24, 2.45) is 0 Å². The van der Waals surface area contributed by atoms with Crippen LogP contribution in [0.15, 0.2) is 18.2 Å². The number of methoxy groups -OCH3 is 2. The van der Waals surface area contributed by atoms with Gasteiger partial charge in [0.1, 0.15) is 0 Å². The van der Waals surface area contributed by atoms with Gasteiger partial charge in [-0.15, -0.1) is 0 Å². The highest BCUT2D eigenvalue weighted by Gasteiger charge is 2.20. The van der Waals surface area contributed by atoms with Crippen molar-refractivity contribution >= 4 is 10.9 Å². The van der Waals surface area contributed by atoms with Crippen LogP contribution in [0.4, 0.5) is 0 Å². The molecule has 0 unspecified atom stereocenters. The number of nitrogens with zero attached hydrogens (tertiary/aromatic N) is 1. The van der Waals surface area contributed by atoms with E-state index in [1.807, 2.05) is 12.1 Å². The lowest BCUT2D eigenvalue weighted by Crippen LogP contribution is -2.09. The standard InChI is InChI=1S/C19H25NO2/c1-4-16-15(13-8-6-5-7-9-13)10-14-11-18(21-2)19(22-3)12-17(14)20-16/h10-13H,4-9H2,1-3H3. The first-order chi connectivity index (χ1) is 10.8. The van der Waals surface area contributed by atoms with Crippen LogP contribution in [0.3, 0.4) is 0 Å². The quantitative estimate of drug-likeness (QED) is 0.807. The zero-order valence-corrected chi connectivity index (χ0v) is 13.8. The highest BCUT2D eigenvalue weighted by Crippen LogP contribution is 2.37. The molecule has 1 fully saturated rings. The molecule has 0 saturated heterocycles. The zero-order chi connectivity index (χ0) is 15.5. The molecule has 1 saturated carbocycles. The lowest BCUT2D eigenvalue weighted by molar-refractivity contribution is 0.355. The summed E-state index contributed by atoms with van der Waals surface area (Å²) in [5, 5.41) is 1.15. The minimum Gasteiger partial charge on any atom is -0.493 e. The Hall–Kier alpha value is -1.77. The third kappa shape index (κ3) is 2.77. The number of aromatic nitrogens is 1. The Balaban J connectivity index is 2.11. The smallest absolute Gasteiger partial charge is 0.162 e. The summed E-state index contributed by atoms with van der Waals surface area (Å²) >= 11 is 0. The van der Waals surface area contributed by atoms with Crippen molar-refractivity contribution in [3.63, 3.8) is 0 Å². The molecule has 1 aliphatic carbocycles. The van der Waals surface area contributed by atoms with Crippen LogP contribution >= 0.6 is 0 Å². The van der Waals surface area contributed by atoms with E-state index >= 15 is 0 Å². The molecule has 3 rings (SSSR count). The van der Waals surface area contributed by atoms with Gasteiger partial charge in [-0.1, -0.05) is 26.2 Å². The molecule has 0 spiro atoms. The van der Waals surface area contributed by atoms with E-state index in [0.29, 0.717) is 5.92 Å². The molecule has 1 aromatic heterocycles. The molecule has 0 N–H and O–H groups in total. The number of ether oxygens (including phenoxy) is 2. The van der Waals surface area contributed by atoms with Gasteiger partial charge in [-0.2, -0.15) is 0 Å². The topological polar surface area (TPSA) is 31.4 Å². The molecular weight excluding hydrogens is 274 g/mol. The molecular formula is C19H25NO2. The van der Waals surface area contributed by atoms with Crippen molar-refractivity contribution in [3.8, 4) is 11.5 Å². The third-order valence-corrected chi connectivity index (χ3v) is 4.81. The minimum absolute atomic E-state index is 0.675. The average Bonchev–Trinajstić information content (AvgIpc) is 2.59. The lowest BCUT2D eigenvalue weighted by atomic mass is 9.82. The number of hydrogen-bond donors (Lipinski definition) is 0. The molecule has 1 aliphatic rings. The van der Waals surface area contributed by atoms with Gasteiger partial charge in [0.15, 0.2) is 11.5 Å². The van der Waals surface area contributed by atoms with Crippen molar-refractivity contribution in [2.75, 3.05) is 14.2 Å². The molecule has 0 radical (unpaired) electrons. The van der Waals surface area contributed by atoms with E-state index in [1.54, 1.807) is 14.2 Å². The average molecular weight is 299 g/mol. The van der Waals surface area contributed by atoms with Crippen molar-refractivity contribution in [1.82, 2.24) is 4.98 Å². The Kier molecular flexibility index (Phi) is 4.51. The molecule has 118 valence electrons. The zero-order valence-electron chi connectivity index (χ0n) is 13.8. The van der Waals surface area contributed by atoms with Gasteiger partial charge in [0.25, 0.3) is 0 Å². The van der Waals surface area contributed by atoms with Gasteiger partial charge in [0.2, 0.25) is 0 Å². The number of pyridine rings is 1. The van der Waals surface area contributed by atoms with Crippen molar-refractivity contribution in [1.29, 1.82) is 0 Å².